The third kappa shape index (κ3) is 3.90. The molecule has 0 bridgehead atoms. The lowest BCUT2D eigenvalue weighted by Crippen LogP contribution is -2.02. The van der Waals surface area contributed by atoms with Gasteiger partial charge in [0.1, 0.15) is 0 Å². The van der Waals surface area contributed by atoms with E-state index < -0.39 is 0 Å². The molecule has 0 fully saturated rings. The summed E-state index contributed by atoms with van der Waals surface area (Å²) < 4.78 is 0. The lowest BCUT2D eigenvalue weighted by atomic mass is 10.1. The molecular formula is C17H18OS2. The van der Waals surface area contributed by atoms with Crippen LogP contribution in [-0.2, 0) is 0 Å². The lowest BCUT2D eigenvalue weighted by molar-refractivity contribution is 0.102. The van der Waals surface area contributed by atoms with Crippen molar-refractivity contribution < 1.29 is 4.79 Å². The lowest BCUT2D eigenvalue weighted by Gasteiger charge is -2.06. The second kappa shape index (κ2) is 7.00. The number of thioether (sulfide) groups is 2. The fourth-order valence-corrected chi connectivity index (χ4v) is 3.28. The zero-order valence-electron chi connectivity index (χ0n) is 12.0. The number of ketones is 1. The molecule has 104 valence electrons. The standard InChI is InChI=1S/C17H18OS2/c1-12-4-9-17(13(2)10-12)20-11-16(18)14-5-7-15(19-3)8-6-14/h4-10H,11H2,1-3H3. The van der Waals surface area contributed by atoms with Crippen LogP contribution >= 0.6 is 23.5 Å². The summed E-state index contributed by atoms with van der Waals surface area (Å²) in [6.45, 7) is 4.17. The highest BCUT2D eigenvalue weighted by molar-refractivity contribution is 8.00. The van der Waals surface area contributed by atoms with E-state index >= 15 is 0 Å². The Balaban J connectivity index is 2.00. The first-order chi connectivity index (χ1) is 9.60. The monoisotopic (exact) mass is 302 g/mol. The first-order valence-corrected chi connectivity index (χ1v) is 8.68. The molecule has 0 radical (unpaired) electrons. The molecule has 0 aromatic heterocycles. The van der Waals surface area contributed by atoms with Crippen molar-refractivity contribution in [2.24, 2.45) is 0 Å². The zero-order chi connectivity index (χ0) is 14.5. The van der Waals surface area contributed by atoms with Gasteiger partial charge in [-0.3, -0.25) is 4.79 Å². The molecule has 0 saturated carbocycles. The number of hydrogen-bond donors (Lipinski definition) is 0. The van der Waals surface area contributed by atoms with Gasteiger partial charge in [-0.05, 0) is 43.9 Å². The van der Waals surface area contributed by atoms with Gasteiger partial charge in [-0.25, -0.2) is 0 Å². The molecule has 2 aromatic carbocycles. The summed E-state index contributed by atoms with van der Waals surface area (Å²) in [5, 5.41) is 0. The van der Waals surface area contributed by atoms with Crippen LogP contribution < -0.4 is 0 Å². The highest BCUT2D eigenvalue weighted by Crippen LogP contribution is 2.24. The van der Waals surface area contributed by atoms with E-state index in [0.717, 1.165) is 5.56 Å². The van der Waals surface area contributed by atoms with Crippen molar-refractivity contribution in [3.8, 4) is 0 Å². The fourth-order valence-electron chi connectivity index (χ4n) is 1.96. The predicted molar refractivity (Wildman–Crippen MR) is 89.2 cm³/mol. The van der Waals surface area contributed by atoms with Crippen LogP contribution in [0.1, 0.15) is 21.5 Å². The number of carbonyl (C=O) groups excluding carboxylic acids is 1. The Bertz CT molecular complexity index is 603. The van der Waals surface area contributed by atoms with E-state index in [4.69, 9.17) is 0 Å². The molecule has 2 aromatic rings. The predicted octanol–water partition coefficient (Wildman–Crippen LogP) is 5.00. The Morgan fingerprint density at radius 1 is 1.05 bits per heavy atom. The van der Waals surface area contributed by atoms with E-state index in [1.165, 1.54) is 20.9 Å². The highest BCUT2D eigenvalue weighted by Gasteiger charge is 2.08. The van der Waals surface area contributed by atoms with E-state index in [9.17, 15) is 4.79 Å². The van der Waals surface area contributed by atoms with Gasteiger partial charge in [0, 0.05) is 15.4 Å². The van der Waals surface area contributed by atoms with Gasteiger partial charge in [0.05, 0.1) is 5.75 Å². The van der Waals surface area contributed by atoms with E-state index in [1.807, 2.05) is 30.5 Å². The summed E-state index contributed by atoms with van der Waals surface area (Å²) in [6.07, 6.45) is 2.03. The molecule has 3 heteroatoms. The molecule has 0 amide bonds. The van der Waals surface area contributed by atoms with Crippen molar-refractivity contribution in [1.29, 1.82) is 0 Å². The van der Waals surface area contributed by atoms with Gasteiger partial charge in [0.25, 0.3) is 0 Å². The molecule has 0 unspecified atom stereocenters. The Labute approximate surface area is 129 Å². The highest BCUT2D eigenvalue weighted by atomic mass is 32.2. The second-order valence-corrected chi connectivity index (χ2v) is 6.61. The number of Topliss-reactive ketones (excluding diaryl/α,β-unsaturated/α-hetero) is 1. The first kappa shape index (κ1) is 15.2. The Kier molecular flexibility index (Phi) is 5.32. The molecule has 0 atom stereocenters. The van der Waals surface area contributed by atoms with Crippen LogP contribution in [0.2, 0.25) is 0 Å². The first-order valence-electron chi connectivity index (χ1n) is 6.47. The van der Waals surface area contributed by atoms with Crippen molar-refractivity contribution in [2.45, 2.75) is 23.6 Å². The molecule has 2 rings (SSSR count). The van der Waals surface area contributed by atoms with Gasteiger partial charge in [-0.15, -0.1) is 23.5 Å². The van der Waals surface area contributed by atoms with E-state index in [-0.39, 0.29) is 5.78 Å². The molecular weight excluding hydrogens is 284 g/mol. The molecule has 0 saturated heterocycles. The average Bonchev–Trinajstić information content (AvgIpc) is 2.46. The minimum atomic E-state index is 0.183. The molecule has 20 heavy (non-hydrogen) atoms. The number of aryl methyl sites for hydroxylation is 2. The van der Waals surface area contributed by atoms with Gasteiger partial charge < -0.3 is 0 Å². The smallest absolute Gasteiger partial charge is 0.173 e. The topological polar surface area (TPSA) is 17.1 Å². The van der Waals surface area contributed by atoms with Crippen molar-refractivity contribution in [1.82, 2.24) is 0 Å². The quantitative estimate of drug-likeness (QED) is 0.571. The largest absolute Gasteiger partial charge is 0.293 e. The van der Waals surface area contributed by atoms with Crippen LogP contribution in [0.15, 0.2) is 52.3 Å². The summed E-state index contributed by atoms with van der Waals surface area (Å²) >= 11 is 3.30. The number of rotatable bonds is 5. The summed E-state index contributed by atoms with van der Waals surface area (Å²) in [6, 6.07) is 14.2. The molecule has 0 heterocycles. The van der Waals surface area contributed by atoms with Crippen molar-refractivity contribution in [3.63, 3.8) is 0 Å². The third-order valence-corrected chi connectivity index (χ3v) is 5.02. The van der Waals surface area contributed by atoms with Crippen molar-refractivity contribution in [2.75, 3.05) is 12.0 Å². The summed E-state index contributed by atoms with van der Waals surface area (Å²) in [4.78, 5) is 14.5. The molecule has 1 nitrogen and oxygen atoms in total. The van der Waals surface area contributed by atoms with Crippen LogP contribution in [0.3, 0.4) is 0 Å². The average molecular weight is 302 g/mol. The second-order valence-electron chi connectivity index (χ2n) is 4.71. The summed E-state index contributed by atoms with van der Waals surface area (Å²) in [5.74, 6) is 0.672. The minimum Gasteiger partial charge on any atom is -0.293 e. The van der Waals surface area contributed by atoms with Crippen molar-refractivity contribution in [3.05, 3.63) is 59.2 Å². The molecule has 0 aliphatic heterocycles. The maximum Gasteiger partial charge on any atom is 0.173 e. The Morgan fingerprint density at radius 3 is 2.35 bits per heavy atom. The third-order valence-electron chi connectivity index (χ3n) is 3.10. The molecule has 0 aliphatic rings. The van der Waals surface area contributed by atoms with Crippen LogP contribution in [0, 0.1) is 13.8 Å². The molecule has 0 N–H and O–H groups in total. The van der Waals surface area contributed by atoms with Crippen LogP contribution in [0.4, 0.5) is 0 Å². The maximum atomic E-state index is 12.2. The van der Waals surface area contributed by atoms with Crippen LogP contribution in [0.5, 0.6) is 0 Å². The van der Waals surface area contributed by atoms with Gasteiger partial charge in [0.15, 0.2) is 5.78 Å². The molecule has 0 spiro atoms. The Morgan fingerprint density at radius 2 is 1.75 bits per heavy atom. The summed E-state index contributed by atoms with van der Waals surface area (Å²) in [5.41, 5.74) is 3.28. The Hall–Kier alpha value is -1.19. The van der Waals surface area contributed by atoms with Gasteiger partial charge in [0.2, 0.25) is 0 Å². The summed E-state index contributed by atoms with van der Waals surface area (Å²) in [7, 11) is 0. The number of hydrogen-bond acceptors (Lipinski definition) is 3. The van der Waals surface area contributed by atoms with Gasteiger partial charge in [-0.2, -0.15) is 0 Å². The van der Waals surface area contributed by atoms with E-state index in [1.54, 1.807) is 23.5 Å². The van der Waals surface area contributed by atoms with Gasteiger partial charge in [-0.1, -0.05) is 29.8 Å². The number of carbonyl (C=O) groups is 1. The van der Waals surface area contributed by atoms with Crippen LogP contribution in [-0.4, -0.2) is 17.8 Å². The van der Waals surface area contributed by atoms with E-state index in [0.29, 0.717) is 5.75 Å². The van der Waals surface area contributed by atoms with Gasteiger partial charge >= 0.3 is 0 Å². The molecule has 0 aliphatic carbocycles. The normalized spacial score (nSPS) is 10.6. The fraction of sp³-hybridized carbons (Fsp3) is 0.235. The van der Waals surface area contributed by atoms with Crippen molar-refractivity contribution >= 4 is 29.3 Å². The SMILES string of the molecule is CSc1ccc(C(=O)CSc2ccc(C)cc2C)cc1. The minimum absolute atomic E-state index is 0.183. The zero-order valence-corrected chi connectivity index (χ0v) is 13.6. The maximum absolute atomic E-state index is 12.2. The van der Waals surface area contributed by atoms with Crippen LogP contribution in [0.25, 0.3) is 0 Å². The van der Waals surface area contributed by atoms with E-state index in [2.05, 4.69) is 32.0 Å². The number of benzene rings is 2.